The second-order valence-electron chi connectivity index (χ2n) is 13.5. The van der Waals surface area contributed by atoms with Crippen molar-refractivity contribution in [2.24, 2.45) is 0 Å². The number of ether oxygens (including phenoxy) is 2. The molecule has 0 saturated heterocycles. The van der Waals surface area contributed by atoms with Gasteiger partial charge in [0.05, 0.1) is 25.3 Å². The summed E-state index contributed by atoms with van der Waals surface area (Å²) in [6, 6.07) is 50.3. The lowest BCUT2D eigenvalue weighted by atomic mass is 9.77. The van der Waals surface area contributed by atoms with Crippen molar-refractivity contribution in [3.8, 4) is 55.6 Å². The first-order valence-electron chi connectivity index (χ1n) is 17.1. The standard InChI is InChI=1S/C46H36O4Si/c1-49-45(47)34-25-21-32(22-26-34)39-40(33-23-27-35(28-24-33)46(48)50-2)42(31-15-9-6-10-16-31)44-43(41(39)30-13-7-5-8-14-30)36-19-11-17-29-18-12-20-37(38(29)36)51(44,3)4/h5-28H,1-4H3. The summed E-state index contributed by atoms with van der Waals surface area (Å²) in [5.74, 6) is -0.757. The fourth-order valence-electron chi connectivity index (χ4n) is 8.00. The summed E-state index contributed by atoms with van der Waals surface area (Å²) in [5, 5.41) is 5.35. The fraction of sp³-hybridized carbons (Fsp3) is 0.0870. The Kier molecular flexibility index (Phi) is 8.01. The van der Waals surface area contributed by atoms with Crippen LogP contribution in [0.4, 0.5) is 0 Å². The van der Waals surface area contributed by atoms with E-state index in [9.17, 15) is 9.59 Å². The molecule has 0 bridgehead atoms. The van der Waals surface area contributed by atoms with E-state index < -0.39 is 8.07 Å². The third-order valence-corrected chi connectivity index (χ3v) is 13.8. The van der Waals surface area contributed by atoms with Crippen LogP contribution in [0.1, 0.15) is 20.7 Å². The number of carbonyl (C=O) groups excluding carboxylic acids is 2. The molecule has 1 heterocycles. The molecule has 1 aliphatic heterocycles. The Bertz CT molecular complexity index is 2460. The number of carbonyl (C=O) groups is 2. The molecule has 0 saturated carbocycles. The number of benzene rings is 7. The summed E-state index contributed by atoms with van der Waals surface area (Å²) in [6.07, 6.45) is 0. The highest BCUT2D eigenvalue weighted by Crippen LogP contribution is 2.52. The van der Waals surface area contributed by atoms with E-state index in [1.165, 1.54) is 52.1 Å². The Morgan fingerprint density at radius 2 is 0.882 bits per heavy atom. The lowest BCUT2D eigenvalue weighted by Crippen LogP contribution is -2.57. The third-order valence-electron chi connectivity index (χ3n) is 10.3. The maximum absolute atomic E-state index is 12.6. The third kappa shape index (κ3) is 5.20. The molecule has 0 radical (unpaired) electrons. The van der Waals surface area contributed by atoms with Gasteiger partial charge in [-0.15, -0.1) is 0 Å². The first kappa shape index (κ1) is 32.2. The molecule has 0 amide bonds. The first-order valence-corrected chi connectivity index (χ1v) is 20.1. The van der Waals surface area contributed by atoms with Crippen molar-refractivity contribution in [1.29, 1.82) is 0 Å². The van der Waals surface area contributed by atoms with Gasteiger partial charge in [0.1, 0.15) is 8.07 Å². The van der Waals surface area contributed by atoms with Crippen molar-refractivity contribution in [2.75, 3.05) is 14.2 Å². The summed E-state index contributed by atoms with van der Waals surface area (Å²) in [5.41, 5.74) is 12.1. The van der Waals surface area contributed by atoms with E-state index in [1.807, 2.05) is 48.5 Å². The minimum Gasteiger partial charge on any atom is -0.465 e. The average Bonchev–Trinajstić information content (AvgIpc) is 3.19. The zero-order valence-corrected chi connectivity index (χ0v) is 30.0. The molecular weight excluding hydrogens is 645 g/mol. The zero-order valence-electron chi connectivity index (χ0n) is 29.0. The normalized spacial score (nSPS) is 12.6. The van der Waals surface area contributed by atoms with Gasteiger partial charge in [-0.25, -0.2) is 9.59 Å². The molecule has 0 spiro atoms. The summed E-state index contributed by atoms with van der Waals surface area (Å²) >= 11 is 0. The van der Waals surface area contributed by atoms with Crippen molar-refractivity contribution >= 4 is 41.2 Å². The van der Waals surface area contributed by atoms with Crippen LogP contribution in [0.15, 0.2) is 146 Å². The predicted molar refractivity (Wildman–Crippen MR) is 211 cm³/mol. The van der Waals surface area contributed by atoms with Crippen molar-refractivity contribution in [2.45, 2.75) is 13.1 Å². The van der Waals surface area contributed by atoms with Gasteiger partial charge in [-0.2, -0.15) is 0 Å². The molecule has 51 heavy (non-hydrogen) atoms. The van der Waals surface area contributed by atoms with Crippen molar-refractivity contribution in [3.05, 3.63) is 157 Å². The molecule has 0 N–H and O–H groups in total. The lowest BCUT2D eigenvalue weighted by Gasteiger charge is -2.39. The number of methoxy groups -OCH3 is 2. The second-order valence-corrected chi connectivity index (χ2v) is 17.7. The monoisotopic (exact) mass is 680 g/mol. The van der Waals surface area contributed by atoms with Crippen LogP contribution in [0.25, 0.3) is 66.4 Å². The molecule has 1 aliphatic rings. The van der Waals surface area contributed by atoms with Crippen molar-refractivity contribution in [3.63, 3.8) is 0 Å². The van der Waals surface area contributed by atoms with E-state index in [0.29, 0.717) is 11.1 Å². The van der Waals surface area contributed by atoms with Crippen molar-refractivity contribution < 1.29 is 19.1 Å². The van der Waals surface area contributed by atoms with Crippen LogP contribution in [-0.2, 0) is 9.47 Å². The van der Waals surface area contributed by atoms with Gasteiger partial charge in [0, 0.05) is 0 Å². The van der Waals surface area contributed by atoms with Gasteiger partial charge in [0.15, 0.2) is 0 Å². The van der Waals surface area contributed by atoms with E-state index in [0.717, 1.165) is 38.9 Å². The van der Waals surface area contributed by atoms with E-state index in [-0.39, 0.29) is 11.9 Å². The lowest BCUT2D eigenvalue weighted by molar-refractivity contribution is 0.0592. The van der Waals surface area contributed by atoms with Crippen LogP contribution in [0.3, 0.4) is 0 Å². The molecule has 7 aromatic carbocycles. The Morgan fingerprint density at radius 1 is 0.451 bits per heavy atom. The van der Waals surface area contributed by atoms with E-state index in [2.05, 4.69) is 110 Å². The van der Waals surface area contributed by atoms with Crippen LogP contribution in [0, 0.1) is 0 Å². The molecule has 0 atom stereocenters. The van der Waals surface area contributed by atoms with E-state index in [1.54, 1.807) is 0 Å². The fourth-order valence-corrected chi connectivity index (χ4v) is 11.5. The topological polar surface area (TPSA) is 52.6 Å². The maximum atomic E-state index is 12.6. The smallest absolute Gasteiger partial charge is 0.337 e. The predicted octanol–water partition coefficient (Wildman–Crippen LogP) is 9.88. The van der Waals surface area contributed by atoms with Gasteiger partial charge in [-0.1, -0.05) is 134 Å². The van der Waals surface area contributed by atoms with Gasteiger partial charge in [-0.3, -0.25) is 0 Å². The van der Waals surface area contributed by atoms with Gasteiger partial charge >= 0.3 is 11.9 Å². The molecule has 8 rings (SSSR count). The average molecular weight is 681 g/mol. The highest BCUT2D eigenvalue weighted by atomic mass is 28.3. The molecule has 0 unspecified atom stereocenters. The molecule has 4 nitrogen and oxygen atoms in total. The quantitative estimate of drug-likeness (QED) is 0.130. The minimum atomic E-state index is -2.44. The summed E-state index contributed by atoms with van der Waals surface area (Å²) in [6.45, 7) is 4.96. The Hall–Kier alpha value is -6.04. The van der Waals surface area contributed by atoms with E-state index in [4.69, 9.17) is 9.47 Å². The number of esters is 2. The number of rotatable bonds is 6. The minimum absolute atomic E-state index is 0.378. The Labute approximate surface area is 299 Å². The summed E-state index contributed by atoms with van der Waals surface area (Å²) < 4.78 is 10.2. The van der Waals surface area contributed by atoms with Crippen LogP contribution in [0.5, 0.6) is 0 Å². The molecule has 0 aromatic heterocycles. The second kappa shape index (κ2) is 12.7. The summed E-state index contributed by atoms with van der Waals surface area (Å²) in [7, 11) is 0.365. The molecular formula is C46H36O4Si. The maximum Gasteiger partial charge on any atom is 0.337 e. The largest absolute Gasteiger partial charge is 0.465 e. The number of fused-ring (bicyclic) bond motifs is 2. The SMILES string of the molecule is COC(=O)c1ccc(-c2c(-c3ccc(C(=O)OC)cc3)c(-c3ccccc3)c3c(c2-c2ccccc2)-c2cccc4cccc(c24)[Si]3(C)C)cc1. The Balaban J connectivity index is 1.64. The highest BCUT2D eigenvalue weighted by Gasteiger charge is 2.41. The Morgan fingerprint density at radius 3 is 1.39 bits per heavy atom. The van der Waals surface area contributed by atoms with Crippen LogP contribution < -0.4 is 10.4 Å². The molecule has 0 fully saturated rings. The molecule has 5 heteroatoms. The van der Waals surface area contributed by atoms with Gasteiger partial charge < -0.3 is 9.47 Å². The molecule has 7 aromatic rings. The van der Waals surface area contributed by atoms with E-state index >= 15 is 0 Å². The van der Waals surface area contributed by atoms with Crippen LogP contribution in [-0.4, -0.2) is 34.2 Å². The number of hydrogen-bond acceptors (Lipinski definition) is 4. The molecule has 248 valence electrons. The van der Waals surface area contributed by atoms with Crippen LogP contribution in [0.2, 0.25) is 13.1 Å². The van der Waals surface area contributed by atoms with Gasteiger partial charge in [-0.05, 0) is 101 Å². The number of hydrogen-bond donors (Lipinski definition) is 0. The van der Waals surface area contributed by atoms with Crippen molar-refractivity contribution in [1.82, 2.24) is 0 Å². The molecule has 0 aliphatic carbocycles. The van der Waals surface area contributed by atoms with Gasteiger partial charge in [0.2, 0.25) is 0 Å². The van der Waals surface area contributed by atoms with Crippen LogP contribution >= 0.6 is 0 Å². The first-order chi connectivity index (χ1) is 24.8. The highest BCUT2D eigenvalue weighted by molar-refractivity contribution is 7.04. The van der Waals surface area contributed by atoms with Gasteiger partial charge in [0.25, 0.3) is 0 Å². The zero-order chi connectivity index (χ0) is 35.3. The summed E-state index contributed by atoms with van der Waals surface area (Å²) in [4.78, 5) is 25.2.